The van der Waals surface area contributed by atoms with Gasteiger partial charge in [-0.15, -0.1) is 11.3 Å². The lowest BCUT2D eigenvalue weighted by Gasteiger charge is -2.14. The SMILES string of the molecule is O=C(Nc1c(F)cccc1C(F)(F)F)NS(=O)(=O)/C=C/c1nccs1. The molecule has 2 rings (SSSR count). The van der Waals surface area contributed by atoms with E-state index >= 15 is 0 Å². The quantitative estimate of drug-likeness (QED) is 0.777. The second-order valence-electron chi connectivity index (χ2n) is 4.43. The second kappa shape index (κ2) is 7.19. The lowest BCUT2D eigenvalue weighted by molar-refractivity contribution is -0.137. The highest BCUT2D eigenvalue weighted by molar-refractivity contribution is 7.93. The molecule has 25 heavy (non-hydrogen) atoms. The maximum absolute atomic E-state index is 13.6. The molecule has 12 heteroatoms. The molecule has 0 bridgehead atoms. The van der Waals surface area contributed by atoms with E-state index in [1.165, 1.54) is 10.9 Å². The van der Waals surface area contributed by atoms with Gasteiger partial charge in [0.2, 0.25) is 0 Å². The van der Waals surface area contributed by atoms with E-state index in [4.69, 9.17) is 0 Å². The predicted molar refractivity (Wildman–Crippen MR) is 83.6 cm³/mol. The van der Waals surface area contributed by atoms with E-state index in [1.807, 2.05) is 0 Å². The van der Waals surface area contributed by atoms with Crippen molar-refractivity contribution in [2.24, 2.45) is 0 Å². The summed E-state index contributed by atoms with van der Waals surface area (Å²) in [6, 6.07) is 0.519. The summed E-state index contributed by atoms with van der Waals surface area (Å²) in [4.78, 5) is 15.4. The Hall–Kier alpha value is -2.47. The van der Waals surface area contributed by atoms with Gasteiger partial charge in [0, 0.05) is 11.6 Å². The Labute approximate surface area is 143 Å². The topological polar surface area (TPSA) is 88.2 Å². The van der Waals surface area contributed by atoms with Crippen molar-refractivity contribution in [3.05, 3.63) is 51.6 Å². The summed E-state index contributed by atoms with van der Waals surface area (Å²) < 4.78 is 76.9. The van der Waals surface area contributed by atoms with Crippen molar-refractivity contribution in [2.45, 2.75) is 6.18 Å². The predicted octanol–water partition coefficient (Wildman–Crippen LogP) is 3.42. The first-order valence-corrected chi connectivity index (χ1v) is 8.78. The first-order chi connectivity index (χ1) is 11.6. The third kappa shape index (κ3) is 5.26. The van der Waals surface area contributed by atoms with E-state index in [0.29, 0.717) is 22.5 Å². The van der Waals surface area contributed by atoms with Gasteiger partial charge < -0.3 is 5.32 Å². The molecule has 0 atom stereocenters. The third-order valence-corrected chi connectivity index (χ3v) is 4.34. The minimum atomic E-state index is -4.94. The summed E-state index contributed by atoms with van der Waals surface area (Å²) in [7, 11) is -4.32. The van der Waals surface area contributed by atoms with Crippen LogP contribution in [0.5, 0.6) is 0 Å². The van der Waals surface area contributed by atoms with Crippen LogP contribution in [0, 0.1) is 5.82 Å². The minimum Gasteiger partial charge on any atom is -0.304 e. The Morgan fingerprint density at radius 3 is 2.60 bits per heavy atom. The highest BCUT2D eigenvalue weighted by Crippen LogP contribution is 2.36. The van der Waals surface area contributed by atoms with Gasteiger partial charge in [-0.1, -0.05) is 6.07 Å². The molecule has 0 aliphatic rings. The standard InChI is InChI=1S/C13H9F4N3O3S2/c14-9-3-1-2-8(13(15,16)17)11(9)19-12(21)20-25(22,23)7-4-10-18-5-6-24-10/h1-7H,(H2,19,20,21)/b7-4+. The van der Waals surface area contributed by atoms with Crippen molar-refractivity contribution in [3.63, 3.8) is 0 Å². The highest BCUT2D eigenvalue weighted by Gasteiger charge is 2.35. The van der Waals surface area contributed by atoms with Crippen LogP contribution in [0.2, 0.25) is 0 Å². The van der Waals surface area contributed by atoms with E-state index in [0.717, 1.165) is 23.5 Å². The van der Waals surface area contributed by atoms with Crippen LogP contribution in [0.25, 0.3) is 6.08 Å². The van der Waals surface area contributed by atoms with Crippen molar-refractivity contribution >= 4 is 39.2 Å². The van der Waals surface area contributed by atoms with E-state index in [1.54, 1.807) is 10.7 Å². The smallest absolute Gasteiger partial charge is 0.304 e. The number of thiazole rings is 1. The Morgan fingerprint density at radius 2 is 2.00 bits per heavy atom. The first kappa shape index (κ1) is 18.9. The number of amides is 2. The molecule has 0 spiro atoms. The second-order valence-corrected chi connectivity index (χ2v) is 6.93. The molecular weight excluding hydrogens is 386 g/mol. The van der Waals surface area contributed by atoms with Crippen LogP contribution in [-0.2, 0) is 16.2 Å². The van der Waals surface area contributed by atoms with E-state index in [9.17, 15) is 30.8 Å². The number of hydrogen-bond donors (Lipinski definition) is 2. The van der Waals surface area contributed by atoms with Crippen LogP contribution in [0.15, 0.2) is 35.2 Å². The van der Waals surface area contributed by atoms with Crippen LogP contribution < -0.4 is 10.0 Å². The van der Waals surface area contributed by atoms with Gasteiger partial charge in [0.15, 0.2) is 0 Å². The summed E-state index contributed by atoms with van der Waals surface area (Å²) in [5, 5.41) is 4.09. The van der Waals surface area contributed by atoms with Crippen LogP contribution >= 0.6 is 11.3 Å². The Morgan fingerprint density at radius 1 is 1.28 bits per heavy atom. The molecule has 0 fully saturated rings. The largest absolute Gasteiger partial charge is 0.418 e. The monoisotopic (exact) mass is 395 g/mol. The van der Waals surface area contributed by atoms with Gasteiger partial charge in [0.1, 0.15) is 10.8 Å². The van der Waals surface area contributed by atoms with Crippen LogP contribution in [0.1, 0.15) is 10.6 Å². The summed E-state index contributed by atoms with van der Waals surface area (Å²) in [6.07, 6.45) is -2.42. The van der Waals surface area contributed by atoms with Crippen molar-refractivity contribution in [1.82, 2.24) is 9.71 Å². The number of carbonyl (C=O) groups is 1. The number of sulfonamides is 1. The van der Waals surface area contributed by atoms with Crippen LogP contribution in [-0.4, -0.2) is 19.4 Å². The molecule has 0 aliphatic heterocycles. The number of nitrogens with one attached hydrogen (secondary N) is 2. The normalized spacial score (nSPS) is 12.3. The molecule has 1 heterocycles. The zero-order valence-electron chi connectivity index (χ0n) is 12.0. The van der Waals surface area contributed by atoms with E-state index in [2.05, 4.69) is 4.98 Å². The molecule has 2 amide bonds. The third-order valence-electron chi connectivity index (χ3n) is 2.63. The number of para-hydroxylation sites is 1. The summed E-state index contributed by atoms with van der Waals surface area (Å²) in [5.74, 6) is -1.36. The van der Waals surface area contributed by atoms with Crippen molar-refractivity contribution in [2.75, 3.05) is 5.32 Å². The lowest BCUT2D eigenvalue weighted by atomic mass is 10.1. The summed E-state index contributed by atoms with van der Waals surface area (Å²) >= 11 is 1.13. The number of hydrogen-bond acceptors (Lipinski definition) is 5. The molecular formula is C13H9F4N3O3S2. The highest BCUT2D eigenvalue weighted by atomic mass is 32.2. The van der Waals surface area contributed by atoms with Gasteiger partial charge in [-0.05, 0) is 18.2 Å². The van der Waals surface area contributed by atoms with Gasteiger partial charge in [0.25, 0.3) is 10.0 Å². The summed E-state index contributed by atoms with van der Waals surface area (Å²) in [5.41, 5.74) is -2.62. The van der Waals surface area contributed by atoms with Crippen molar-refractivity contribution < 1.29 is 30.8 Å². The molecule has 1 aromatic heterocycles. The molecule has 0 radical (unpaired) electrons. The van der Waals surface area contributed by atoms with E-state index in [-0.39, 0.29) is 0 Å². The molecule has 0 unspecified atom stereocenters. The minimum absolute atomic E-state index is 0.333. The number of benzene rings is 1. The number of aromatic nitrogens is 1. The van der Waals surface area contributed by atoms with Crippen molar-refractivity contribution in [1.29, 1.82) is 0 Å². The number of anilines is 1. The van der Waals surface area contributed by atoms with Crippen molar-refractivity contribution in [3.8, 4) is 0 Å². The Balaban J connectivity index is 2.15. The fraction of sp³-hybridized carbons (Fsp3) is 0.0769. The molecule has 134 valence electrons. The van der Waals surface area contributed by atoms with Crippen LogP contribution in [0.3, 0.4) is 0 Å². The maximum Gasteiger partial charge on any atom is 0.418 e. The molecule has 1 aromatic carbocycles. The molecule has 0 aliphatic carbocycles. The summed E-state index contributed by atoms with van der Waals surface area (Å²) in [6.45, 7) is 0. The first-order valence-electron chi connectivity index (χ1n) is 6.35. The number of nitrogens with zero attached hydrogens (tertiary/aromatic N) is 1. The number of rotatable bonds is 4. The number of urea groups is 1. The molecule has 0 saturated carbocycles. The average Bonchev–Trinajstić information content (AvgIpc) is 2.99. The Bertz CT molecular complexity index is 894. The molecule has 0 saturated heterocycles. The Kier molecular flexibility index (Phi) is 5.42. The zero-order valence-corrected chi connectivity index (χ0v) is 13.7. The lowest BCUT2D eigenvalue weighted by Crippen LogP contribution is -2.34. The fourth-order valence-electron chi connectivity index (χ4n) is 1.65. The molecule has 2 aromatic rings. The zero-order chi connectivity index (χ0) is 18.7. The van der Waals surface area contributed by atoms with Gasteiger partial charge in [0.05, 0.1) is 16.7 Å². The van der Waals surface area contributed by atoms with Gasteiger partial charge >= 0.3 is 12.2 Å². The molecule has 2 N–H and O–H groups in total. The number of alkyl halides is 3. The fourth-order valence-corrected chi connectivity index (χ4v) is 2.96. The average molecular weight is 395 g/mol. The van der Waals surface area contributed by atoms with Gasteiger partial charge in [-0.3, -0.25) is 0 Å². The van der Waals surface area contributed by atoms with Gasteiger partial charge in [-0.25, -0.2) is 27.3 Å². The van der Waals surface area contributed by atoms with E-state index < -0.39 is 39.3 Å². The molecule has 6 nitrogen and oxygen atoms in total. The van der Waals surface area contributed by atoms with Crippen LogP contribution in [0.4, 0.5) is 28.0 Å². The number of carbonyl (C=O) groups excluding carboxylic acids is 1. The maximum atomic E-state index is 13.6. The number of halogens is 4. The van der Waals surface area contributed by atoms with Gasteiger partial charge in [-0.2, -0.15) is 13.2 Å².